The summed E-state index contributed by atoms with van der Waals surface area (Å²) in [5.41, 5.74) is 2.41. The van der Waals surface area contributed by atoms with E-state index in [9.17, 15) is 4.79 Å². The molecule has 0 aliphatic carbocycles. The Bertz CT molecular complexity index is 417. The summed E-state index contributed by atoms with van der Waals surface area (Å²) in [4.78, 5) is 11.4. The van der Waals surface area contributed by atoms with Crippen LogP contribution in [-0.2, 0) is 12.8 Å². The van der Waals surface area contributed by atoms with Crippen molar-refractivity contribution in [2.75, 3.05) is 13.7 Å². The number of amides is 2. The first kappa shape index (κ1) is 15.3. The van der Waals surface area contributed by atoms with Crippen LogP contribution >= 0.6 is 0 Å². The molecule has 0 fully saturated rings. The number of carbonyl (C=O) groups excluding carboxylic acids is 1. The number of ether oxygens (including phenoxy) is 1. The average Bonchev–Trinajstić information content (AvgIpc) is 2.37. The molecule has 0 unspecified atom stereocenters. The number of hydrogen-bond acceptors (Lipinski definition) is 2. The summed E-state index contributed by atoms with van der Waals surface area (Å²) in [7, 11) is 1.69. The maximum Gasteiger partial charge on any atom is 0.314 e. The summed E-state index contributed by atoms with van der Waals surface area (Å²) in [6.07, 6.45) is 1.76. The van der Waals surface area contributed by atoms with Gasteiger partial charge in [-0.15, -0.1) is 0 Å². The molecular formula is C15H24N2O2. The number of methoxy groups -OCH3 is 1. The zero-order valence-electron chi connectivity index (χ0n) is 12.2. The van der Waals surface area contributed by atoms with E-state index >= 15 is 0 Å². The van der Waals surface area contributed by atoms with Crippen molar-refractivity contribution in [2.24, 2.45) is 0 Å². The molecule has 0 saturated carbocycles. The van der Waals surface area contributed by atoms with Crippen molar-refractivity contribution in [3.8, 4) is 5.75 Å². The molecule has 0 aromatic heterocycles. The predicted octanol–water partition coefficient (Wildman–Crippen LogP) is 2.51. The molecular weight excluding hydrogens is 240 g/mol. The third-order valence-electron chi connectivity index (χ3n) is 2.84. The first-order valence-electron chi connectivity index (χ1n) is 6.77. The van der Waals surface area contributed by atoms with E-state index in [-0.39, 0.29) is 12.1 Å². The van der Waals surface area contributed by atoms with Gasteiger partial charge in [-0.05, 0) is 43.9 Å². The van der Waals surface area contributed by atoms with Crippen LogP contribution in [0.25, 0.3) is 0 Å². The highest BCUT2D eigenvalue weighted by molar-refractivity contribution is 5.74. The molecule has 0 radical (unpaired) electrons. The molecule has 1 aromatic rings. The fraction of sp³-hybridized carbons (Fsp3) is 0.533. The van der Waals surface area contributed by atoms with Gasteiger partial charge in [0.2, 0.25) is 0 Å². The topological polar surface area (TPSA) is 50.4 Å². The van der Waals surface area contributed by atoms with Gasteiger partial charge in [0.25, 0.3) is 0 Å². The third-order valence-corrected chi connectivity index (χ3v) is 2.84. The number of aryl methyl sites for hydroxylation is 1. The van der Waals surface area contributed by atoms with Crippen LogP contribution in [0.2, 0.25) is 0 Å². The lowest BCUT2D eigenvalue weighted by Gasteiger charge is -2.11. The third kappa shape index (κ3) is 5.20. The van der Waals surface area contributed by atoms with Crippen LogP contribution in [0.15, 0.2) is 18.2 Å². The Hall–Kier alpha value is -1.71. The van der Waals surface area contributed by atoms with E-state index < -0.39 is 0 Å². The van der Waals surface area contributed by atoms with E-state index in [4.69, 9.17) is 4.74 Å². The Morgan fingerprint density at radius 1 is 1.37 bits per heavy atom. The molecule has 0 heterocycles. The van der Waals surface area contributed by atoms with Crippen molar-refractivity contribution in [2.45, 2.75) is 39.7 Å². The monoisotopic (exact) mass is 264 g/mol. The van der Waals surface area contributed by atoms with Gasteiger partial charge in [-0.3, -0.25) is 0 Å². The highest BCUT2D eigenvalue weighted by atomic mass is 16.5. The zero-order chi connectivity index (χ0) is 14.3. The Morgan fingerprint density at radius 2 is 2.11 bits per heavy atom. The molecule has 4 heteroatoms. The Kier molecular flexibility index (Phi) is 6.19. The van der Waals surface area contributed by atoms with Crippen molar-refractivity contribution in [3.63, 3.8) is 0 Å². The van der Waals surface area contributed by atoms with Gasteiger partial charge in [0.05, 0.1) is 7.11 Å². The first-order valence-corrected chi connectivity index (χ1v) is 6.77. The fourth-order valence-corrected chi connectivity index (χ4v) is 1.90. The van der Waals surface area contributed by atoms with E-state index in [2.05, 4.69) is 23.6 Å². The molecule has 19 heavy (non-hydrogen) atoms. The standard InChI is InChI=1S/C15H24N2O2/c1-5-13-10-12(6-7-14(13)19-4)8-9-16-15(18)17-11(2)3/h6-7,10-11H,5,8-9H2,1-4H3,(H2,16,17,18). The molecule has 0 atom stereocenters. The molecule has 0 aliphatic rings. The van der Waals surface area contributed by atoms with Gasteiger partial charge in [0.1, 0.15) is 5.75 Å². The van der Waals surface area contributed by atoms with E-state index in [1.807, 2.05) is 26.0 Å². The number of urea groups is 1. The normalized spacial score (nSPS) is 10.4. The van der Waals surface area contributed by atoms with Gasteiger partial charge in [0.15, 0.2) is 0 Å². The van der Waals surface area contributed by atoms with Crippen molar-refractivity contribution in [1.29, 1.82) is 0 Å². The smallest absolute Gasteiger partial charge is 0.314 e. The van der Waals surface area contributed by atoms with Crippen LogP contribution in [0.1, 0.15) is 31.9 Å². The minimum atomic E-state index is -0.112. The van der Waals surface area contributed by atoms with E-state index in [0.717, 1.165) is 18.6 Å². The SMILES string of the molecule is CCc1cc(CCNC(=O)NC(C)C)ccc1OC. The Balaban J connectivity index is 2.47. The molecule has 4 nitrogen and oxygen atoms in total. The fourth-order valence-electron chi connectivity index (χ4n) is 1.90. The number of rotatable bonds is 6. The largest absolute Gasteiger partial charge is 0.496 e. The summed E-state index contributed by atoms with van der Waals surface area (Å²) < 4.78 is 5.30. The summed E-state index contributed by atoms with van der Waals surface area (Å²) in [5.74, 6) is 0.928. The molecule has 0 saturated heterocycles. The van der Waals surface area contributed by atoms with Gasteiger partial charge in [-0.25, -0.2) is 4.79 Å². The number of benzene rings is 1. The molecule has 1 rings (SSSR count). The molecule has 106 valence electrons. The summed E-state index contributed by atoms with van der Waals surface area (Å²) in [6, 6.07) is 6.22. The van der Waals surface area contributed by atoms with Crippen molar-refractivity contribution >= 4 is 6.03 Å². The van der Waals surface area contributed by atoms with Crippen LogP contribution < -0.4 is 15.4 Å². The number of nitrogens with one attached hydrogen (secondary N) is 2. The zero-order valence-corrected chi connectivity index (χ0v) is 12.2. The van der Waals surface area contributed by atoms with Gasteiger partial charge < -0.3 is 15.4 Å². The Labute approximate surface area is 115 Å². The van der Waals surface area contributed by atoms with Gasteiger partial charge in [0, 0.05) is 12.6 Å². The predicted molar refractivity (Wildman–Crippen MR) is 77.7 cm³/mol. The highest BCUT2D eigenvalue weighted by Gasteiger charge is 2.04. The van der Waals surface area contributed by atoms with Crippen LogP contribution in [0.3, 0.4) is 0 Å². The maximum atomic E-state index is 11.4. The van der Waals surface area contributed by atoms with Gasteiger partial charge in [-0.1, -0.05) is 19.1 Å². The molecule has 2 N–H and O–H groups in total. The lowest BCUT2D eigenvalue weighted by Crippen LogP contribution is -2.40. The molecule has 0 bridgehead atoms. The van der Waals surface area contributed by atoms with Crippen molar-refractivity contribution in [1.82, 2.24) is 10.6 Å². The first-order chi connectivity index (χ1) is 9.06. The minimum Gasteiger partial charge on any atom is -0.496 e. The van der Waals surface area contributed by atoms with E-state index in [1.165, 1.54) is 11.1 Å². The van der Waals surface area contributed by atoms with E-state index in [1.54, 1.807) is 7.11 Å². The Morgan fingerprint density at radius 3 is 2.68 bits per heavy atom. The molecule has 0 spiro atoms. The quantitative estimate of drug-likeness (QED) is 0.829. The second-order valence-electron chi connectivity index (χ2n) is 4.80. The molecule has 0 aliphatic heterocycles. The van der Waals surface area contributed by atoms with Crippen LogP contribution in [0.4, 0.5) is 4.79 Å². The average molecular weight is 264 g/mol. The molecule has 2 amide bonds. The van der Waals surface area contributed by atoms with Crippen molar-refractivity contribution in [3.05, 3.63) is 29.3 Å². The molecule has 1 aromatic carbocycles. The summed E-state index contributed by atoms with van der Waals surface area (Å²) in [6.45, 7) is 6.62. The highest BCUT2D eigenvalue weighted by Crippen LogP contribution is 2.20. The van der Waals surface area contributed by atoms with Gasteiger partial charge >= 0.3 is 6.03 Å². The summed E-state index contributed by atoms with van der Waals surface area (Å²) in [5, 5.41) is 5.65. The number of hydrogen-bond donors (Lipinski definition) is 2. The second-order valence-corrected chi connectivity index (χ2v) is 4.80. The van der Waals surface area contributed by atoms with Crippen LogP contribution in [-0.4, -0.2) is 25.7 Å². The van der Waals surface area contributed by atoms with Crippen LogP contribution in [0, 0.1) is 0 Å². The van der Waals surface area contributed by atoms with Gasteiger partial charge in [-0.2, -0.15) is 0 Å². The second kappa shape index (κ2) is 7.67. The lowest BCUT2D eigenvalue weighted by molar-refractivity contribution is 0.238. The van der Waals surface area contributed by atoms with Crippen molar-refractivity contribution < 1.29 is 9.53 Å². The minimum absolute atomic E-state index is 0.112. The maximum absolute atomic E-state index is 11.4. The van der Waals surface area contributed by atoms with Crippen LogP contribution in [0.5, 0.6) is 5.75 Å². The summed E-state index contributed by atoms with van der Waals surface area (Å²) >= 11 is 0. The van der Waals surface area contributed by atoms with E-state index in [0.29, 0.717) is 6.54 Å². The lowest BCUT2D eigenvalue weighted by atomic mass is 10.1. The number of carbonyl (C=O) groups is 1.